The number of carbonyl (C=O) groups excluding carboxylic acids is 1. The maximum absolute atomic E-state index is 13.7. The van der Waals surface area contributed by atoms with Gasteiger partial charge in [-0.1, -0.05) is 15.9 Å². The van der Waals surface area contributed by atoms with Crippen molar-refractivity contribution in [3.05, 3.63) is 28.2 Å². The molecule has 0 aromatic heterocycles. The lowest BCUT2D eigenvalue weighted by Crippen LogP contribution is -2.37. The molecular formula is C11H11BrF2N2O. The van der Waals surface area contributed by atoms with Crippen LogP contribution in [0.1, 0.15) is 6.42 Å². The van der Waals surface area contributed by atoms with Crippen LogP contribution in [0.5, 0.6) is 0 Å². The summed E-state index contributed by atoms with van der Waals surface area (Å²) >= 11 is 3.00. The Bertz CT molecular complexity index is 444. The minimum Gasteiger partial charge on any atom is -0.309 e. The van der Waals surface area contributed by atoms with Crippen molar-refractivity contribution in [3.8, 4) is 0 Å². The predicted octanol–water partition coefficient (Wildman–Crippen LogP) is 2.05. The molecule has 0 spiro atoms. The number of benzene rings is 1. The number of halogens is 3. The topological polar surface area (TPSA) is 32.3 Å². The Labute approximate surface area is 106 Å². The fraction of sp³-hybridized carbons (Fsp3) is 0.364. The average molecular weight is 305 g/mol. The Hall–Kier alpha value is -1.01. The lowest BCUT2D eigenvalue weighted by Gasteiger charge is -2.18. The van der Waals surface area contributed by atoms with Crippen LogP contribution in [0.4, 0.5) is 14.5 Å². The van der Waals surface area contributed by atoms with Crippen molar-refractivity contribution >= 4 is 27.5 Å². The van der Waals surface area contributed by atoms with Gasteiger partial charge in [0.05, 0.1) is 6.04 Å². The predicted molar refractivity (Wildman–Crippen MR) is 63.9 cm³/mol. The van der Waals surface area contributed by atoms with Crippen LogP contribution in [-0.4, -0.2) is 25.5 Å². The number of rotatable bonds is 2. The molecule has 1 fully saturated rings. The van der Waals surface area contributed by atoms with Crippen LogP contribution in [-0.2, 0) is 4.79 Å². The minimum absolute atomic E-state index is 0.268. The average Bonchev–Trinajstić information content (AvgIpc) is 2.59. The summed E-state index contributed by atoms with van der Waals surface area (Å²) in [6.07, 6.45) is 0.546. The lowest BCUT2D eigenvalue weighted by molar-refractivity contribution is -0.118. The van der Waals surface area contributed by atoms with E-state index in [4.69, 9.17) is 0 Å². The Morgan fingerprint density at radius 3 is 2.47 bits per heavy atom. The van der Waals surface area contributed by atoms with Gasteiger partial charge in [0.25, 0.3) is 0 Å². The van der Waals surface area contributed by atoms with Crippen molar-refractivity contribution in [1.29, 1.82) is 0 Å². The fourth-order valence-corrected chi connectivity index (χ4v) is 2.36. The number of amides is 1. The van der Waals surface area contributed by atoms with Crippen molar-refractivity contribution in [2.45, 2.75) is 12.5 Å². The third-order valence-electron chi connectivity index (χ3n) is 2.81. The summed E-state index contributed by atoms with van der Waals surface area (Å²) in [7, 11) is 1.65. The van der Waals surface area contributed by atoms with Crippen LogP contribution in [0.25, 0.3) is 0 Å². The molecule has 3 nitrogen and oxygen atoms in total. The molecule has 1 aliphatic heterocycles. The highest BCUT2D eigenvalue weighted by atomic mass is 79.9. The smallest absolute Gasteiger partial charge is 0.244 e. The zero-order valence-corrected chi connectivity index (χ0v) is 10.7. The van der Waals surface area contributed by atoms with Gasteiger partial charge in [-0.15, -0.1) is 0 Å². The molecule has 1 unspecified atom stereocenters. The van der Waals surface area contributed by atoms with Crippen LogP contribution in [0, 0.1) is 11.6 Å². The first-order valence-electron chi connectivity index (χ1n) is 5.17. The highest BCUT2D eigenvalue weighted by Crippen LogP contribution is 2.30. The molecule has 1 N–H and O–H groups in total. The van der Waals surface area contributed by atoms with E-state index in [-0.39, 0.29) is 17.6 Å². The molecule has 1 amide bonds. The Morgan fingerprint density at radius 1 is 1.41 bits per heavy atom. The number of nitrogens with one attached hydrogen (secondary N) is 1. The zero-order chi connectivity index (χ0) is 12.6. The third kappa shape index (κ3) is 2.19. The van der Waals surface area contributed by atoms with Gasteiger partial charge in [-0.25, -0.2) is 8.78 Å². The summed E-state index contributed by atoms with van der Waals surface area (Å²) in [5, 5.41) is 2.82. The summed E-state index contributed by atoms with van der Waals surface area (Å²) in [5.74, 6) is -1.77. The Kier molecular flexibility index (Phi) is 3.44. The monoisotopic (exact) mass is 304 g/mol. The van der Waals surface area contributed by atoms with E-state index in [0.29, 0.717) is 17.4 Å². The SMILES string of the molecule is CNC1CCN(c2c(F)cc(Br)cc2F)C1=O. The maximum atomic E-state index is 13.7. The molecule has 17 heavy (non-hydrogen) atoms. The van der Waals surface area contributed by atoms with Crippen LogP contribution in [0.15, 0.2) is 16.6 Å². The second kappa shape index (κ2) is 4.70. The van der Waals surface area contributed by atoms with Gasteiger partial charge in [0.2, 0.25) is 5.91 Å². The molecule has 1 saturated heterocycles. The Balaban J connectivity index is 2.39. The highest BCUT2D eigenvalue weighted by Gasteiger charge is 2.34. The number of anilines is 1. The van der Waals surface area contributed by atoms with Crippen LogP contribution in [0.3, 0.4) is 0 Å². The zero-order valence-electron chi connectivity index (χ0n) is 9.14. The van der Waals surface area contributed by atoms with Crippen LogP contribution >= 0.6 is 15.9 Å². The van der Waals surface area contributed by atoms with E-state index >= 15 is 0 Å². The van der Waals surface area contributed by atoms with Crippen molar-refractivity contribution in [1.82, 2.24) is 5.32 Å². The third-order valence-corrected chi connectivity index (χ3v) is 3.26. The van der Waals surface area contributed by atoms with Gasteiger partial charge in [-0.2, -0.15) is 0 Å². The quantitative estimate of drug-likeness (QED) is 0.907. The van der Waals surface area contributed by atoms with E-state index in [1.165, 1.54) is 0 Å². The molecule has 0 radical (unpaired) electrons. The first-order chi connectivity index (χ1) is 8.04. The highest BCUT2D eigenvalue weighted by molar-refractivity contribution is 9.10. The molecule has 1 aromatic rings. The van der Waals surface area contributed by atoms with Crippen LogP contribution < -0.4 is 10.2 Å². The fourth-order valence-electron chi connectivity index (χ4n) is 1.96. The number of nitrogens with zero attached hydrogens (tertiary/aromatic N) is 1. The number of hydrogen-bond donors (Lipinski definition) is 1. The molecule has 1 atom stereocenters. The molecule has 0 aliphatic carbocycles. The normalized spacial score (nSPS) is 20.1. The van der Waals surface area contributed by atoms with Gasteiger partial charge in [0, 0.05) is 11.0 Å². The molecule has 92 valence electrons. The van der Waals surface area contributed by atoms with E-state index in [2.05, 4.69) is 21.2 Å². The van der Waals surface area contributed by atoms with Gasteiger partial charge < -0.3 is 10.2 Å². The van der Waals surface area contributed by atoms with Gasteiger partial charge in [0.1, 0.15) is 5.69 Å². The van der Waals surface area contributed by atoms with E-state index in [1.807, 2.05) is 0 Å². The summed E-state index contributed by atoms with van der Waals surface area (Å²) in [6.45, 7) is 0.319. The lowest BCUT2D eigenvalue weighted by atomic mass is 10.2. The summed E-state index contributed by atoms with van der Waals surface area (Å²) < 4.78 is 27.7. The largest absolute Gasteiger partial charge is 0.309 e. The van der Waals surface area contributed by atoms with E-state index in [9.17, 15) is 13.6 Å². The van der Waals surface area contributed by atoms with E-state index < -0.39 is 11.6 Å². The maximum Gasteiger partial charge on any atom is 0.244 e. The first kappa shape index (κ1) is 12.4. The van der Waals surface area contributed by atoms with Crippen molar-refractivity contribution in [3.63, 3.8) is 0 Å². The molecular weight excluding hydrogens is 294 g/mol. The number of hydrogen-bond acceptors (Lipinski definition) is 2. The molecule has 1 heterocycles. The molecule has 1 aromatic carbocycles. The van der Waals surface area contributed by atoms with Gasteiger partial charge in [-0.3, -0.25) is 4.79 Å². The number of likely N-dealkylation sites (N-methyl/N-ethyl adjacent to an activating group) is 1. The summed E-state index contributed by atoms with van der Waals surface area (Å²) in [5.41, 5.74) is -0.268. The minimum atomic E-state index is -0.734. The van der Waals surface area contributed by atoms with Crippen molar-refractivity contribution in [2.24, 2.45) is 0 Å². The standard InChI is InChI=1S/C11H11BrF2N2O/c1-15-9-2-3-16(11(9)17)10-7(13)4-6(12)5-8(10)14/h4-5,9,15H,2-3H2,1H3. The van der Waals surface area contributed by atoms with Crippen molar-refractivity contribution < 1.29 is 13.6 Å². The van der Waals surface area contributed by atoms with Gasteiger partial charge in [0.15, 0.2) is 11.6 Å². The van der Waals surface area contributed by atoms with Gasteiger partial charge in [-0.05, 0) is 25.6 Å². The molecule has 2 rings (SSSR count). The summed E-state index contributed by atoms with van der Waals surface area (Å²) in [4.78, 5) is 13.0. The van der Waals surface area contributed by atoms with Gasteiger partial charge >= 0.3 is 0 Å². The second-order valence-corrected chi connectivity index (χ2v) is 4.75. The number of carbonyl (C=O) groups is 1. The summed E-state index contributed by atoms with van der Waals surface area (Å²) in [6, 6.07) is 1.94. The molecule has 0 saturated carbocycles. The molecule has 1 aliphatic rings. The van der Waals surface area contributed by atoms with Crippen molar-refractivity contribution in [2.75, 3.05) is 18.5 Å². The second-order valence-electron chi connectivity index (χ2n) is 3.84. The van der Waals surface area contributed by atoms with Crippen LogP contribution in [0.2, 0.25) is 0 Å². The van der Waals surface area contributed by atoms with E-state index in [0.717, 1.165) is 17.0 Å². The molecule has 6 heteroatoms. The first-order valence-corrected chi connectivity index (χ1v) is 5.97. The Morgan fingerprint density at radius 2 is 2.00 bits per heavy atom. The van der Waals surface area contributed by atoms with E-state index in [1.54, 1.807) is 7.05 Å². The molecule has 0 bridgehead atoms.